The van der Waals surface area contributed by atoms with Crippen LogP contribution in [0.15, 0.2) is 48.7 Å². The van der Waals surface area contributed by atoms with Gasteiger partial charge in [0.2, 0.25) is 11.8 Å². The zero-order valence-electron chi connectivity index (χ0n) is 18.0. The number of methoxy groups -OCH3 is 2. The average molecular weight is 421 g/mol. The second-order valence-electron chi connectivity index (χ2n) is 7.99. The van der Waals surface area contributed by atoms with E-state index in [4.69, 9.17) is 9.47 Å². The fraction of sp³-hybridized carbons (Fsp3) is 0.360. The Morgan fingerprint density at radius 3 is 2.39 bits per heavy atom. The molecule has 2 heterocycles. The summed E-state index contributed by atoms with van der Waals surface area (Å²) in [5.41, 5.74) is 3.09. The van der Waals surface area contributed by atoms with E-state index in [1.807, 2.05) is 29.2 Å². The highest BCUT2D eigenvalue weighted by Gasteiger charge is 2.27. The Balaban J connectivity index is 1.39. The SMILES string of the molecule is COc1cc2c(cc1OC)CC(=O)N(CC(=O)N1CCC(c3ccccc3)CC1)C=C2. The molecule has 0 spiro atoms. The van der Waals surface area contributed by atoms with Crippen molar-refractivity contribution in [3.05, 3.63) is 65.4 Å². The molecule has 0 radical (unpaired) electrons. The van der Waals surface area contributed by atoms with Gasteiger partial charge in [0.05, 0.1) is 20.6 Å². The Hall–Kier alpha value is -3.28. The topological polar surface area (TPSA) is 59.1 Å². The third kappa shape index (κ3) is 4.58. The minimum absolute atomic E-state index is 0.00868. The van der Waals surface area contributed by atoms with Gasteiger partial charge in [-0.2, -0.15) is 0 Å². The quantitative estimate of drug-likeness (QED) is 0.743. The fourth-order valence-electron chi connectivity index (χ4n) is 4.34. The summed E-state index contributed by atoms with van der Waals surface area (Å²) in [5, 5.41) is 0. The highest BCUT2D eigenvalue weighted by atomic mass is 16.5. The molecule has 6 nitrogen and oxygen atoms in total. The smallest absolute Gasteiger partial charge is 0.242 e. The van der Waals surface area contributed by atoms with Crippen molar-refractivity contribution >= 4 is 17.9 Å². The van der Waals surface area contributed by atoms with Crippen molar-refractivity contribution < 1.29 is 19.1 Å². The highest BCUT2D eigenvalue weighted by molar-refractivity contribution is 5.89. The number of hydrogen-bond acceptors (Lipinski definition) is 4. The van der Waals surface area contributed by atoms with Crippen molar-refractivity contribution in [1.29, 1.82) is 0 Å². The van der Waals surface area contributed by atoms with E-state index < -0.39 is 0 Å². The van der Waals surface area contributed by atoms with Crippen LogP contribution in [0.5, 0.6) is 11.5 Å². The van der Waals surface area contributed by atoms with Gasteiger partial charge in [-0.05, 0) is 53.7 Å². The third-order valence-corrected chi connectivity index (χ3v) is 6.17. The number of amides is 2. The molecule has 0 atom stereocenters. The lowest BCUT2D eigenvalue weighted by molar-refractivity contribution is -0.138. The van der Waals surface area contributed by atoms with Crippen LogP contribution in [0, 0.1) is 0 Å². The third-order valence-electron chi connectivity index (χ3n) is 6.17. The maximum absolute atomic E-state index is 12.9. The van der Waals surface area contributed by atoms with Gasteiger partial charge in [-0.1, -0.05) is 30.3 Å². The number of carbonyl (C=O) groups is 2. The van der Waals surface area contributed by atoms with Gasteiger partial charge in [0, 0.05) is 19.3 Å². The number of piperidine rings is 1. The molecular weight excluding hydrogens is 392 g/mol. The van der Waals surface area contributed by atoms with Crippen molar-refractivity contribution in [2.45, 2.75) is 25.2 Å². The molecule has 1 saturated heterocycles. The molecule has 0 aliphatic carbocycles. The number of benzene rings is 2. The molecule has 2 amide bonds. The summed E-state index contributed by atoms with van der Waals surface area (Å²) in [6.45, 7) is 1.51. The summed E-state index contributed by atoms with van der Waals surface area (Å²) in [7, 11) is 3.16. The van der Waals surface area contributed by atoms with E-state index >= 15 is 0 Å². The summed E-state index contributed by atoms with van der Waals surface area (Å²) < 4.78 is 10.7. The predicted molar refractivity (Wildman–Crippen MR) is 119 cm³/mol. The van der Waals surface area contributed by atoms with Crippen LogP contribution < -0.4 is 9.47 Å². The van der Waals surface area contributed by atoms with Crippen LogP contribution in [-0.4, -0.2) is 55.5 Å². The van der Waals surface area contributed by atoms with Crippen LogP contribution in [0.3, 0.4) is 0 Å². The first-order valence-corrected chi connectivity index (χ1v) is 10.6. The van der Waals surface area contributed by atoms with Gasteiger partial charge in [0.25, 0.3) is 0 Å². The van der Waals surface area contributed by atoms with Crippen molar-refractivity contribution in [2.75, 3.05) is 33.9 Å². The van der Waals surface area contributed by atoms with E-state index in [1.165, 1.54) is 10.5 Å². The fourth-order valence-corrected chi connectivity index (χ4v) is 4.34. The lowest BCUT2D eigenvalue weighted by Gasteiger charge is -2.33. The molecular formula is C25H28N2O4. The monoisotopic (exact) mass is 420 g/mol. The Bertz CT molecular complexity index is 979. The number of likely N-dealkylation sites (tertiary alicyclic amines) is 1. The molecule has 0 saturated carbocycles. The van der Waals surface area contributed by atoms with E-state index in [0.29, 0.717) is 17.4 Å². The Kier molecular flexibility index (Phi) is 6.26. The van der Waals surface area contributed by atoms with Crippen LogP contribution in [0.25, 0.3) is 6.08 Å². The van der Waals surface area contributed by atoms with Crippen LogP contribution in [0.2, 0.25) is 0 Å². The second-order valence-corrected chi connectivity index (χ2v) is 7.99. The number of carbonyl (C=O) groups excluding carboxylic acids is 2. The molecule has 0 aromatic heterocycles. The van der Waals surface area contributed by atoms with Crippen LogP contribution in [0.1, 0.15) is 35.4 Å². The van der Waals surface area contributed by atoms with Crippen LogP contribution in [0.4, 0.5) is 0 Å². The van der Waals surface area contributed by atoms with Crippen molar-refractivity contribution in [2.24, 2.45) is 0 Å². The molecule has 0 bridgehead atoms. The molecule has 0 N–H and O–H groups in total. The summed E-state index contributed by atoms with van der Waals surface area (Å²) in [6.07, 6.45) is 5.67. The lowest BCUT2D eigenvalue weighted by Crippen LogP contribution is -2.44. The molecule has 4 rings (SSSR count). The molecule has 6 heteroatoms. The first kappa shape index (κ1) is 21.0. The molecule has 2 aromatic rings. The number of ether oxygens (including phenoxy) is 2. The largest absolute Gasteiger partial charge is 0.493 e. The molecule has 1 fully saturated rings. The van der Waals surface area contributed by atoms with Gasteiger partial charge in [-0.3, -0.25) is 9.59 Å². The Morgan fingerprint density at radius 1 is 1.03 bits per heavy atom. The lowest BCUT2D eigenvalue weighted by atomic mass is 9.89. The van der Waals surface area contributed by atoms with E-state index in [-0.39, 0.29) is 24.8 Å². The van der Waals surface area contributed by atoms with E-state index in [1.54, 1.807) is 20.4 Å². The maximum atomic E-state index is 12.9. The van der Waals surface area contributed by atoms with E-state index in [0.717, 1.165) is 37.1 Å². The van der Waals surface area contributed by atoms with Crippen molar-refractivity contribution in [3.63, 3.8) is 0 Å². The summed E-state index contributed by atoms with van der Waals surface area (Å²) >= 11 is 0. The van der Waals surface area contributed by atoms with Crippen molar-refractivity contribution in [3.8, 4) is 11.5 Å². The molecule has 2 aliphatic rings. The van der Waals surface area contributed by atoms with Crippen molar-refractivity contribution in [1.82, 2.24) is 9.80 Å². The summed E-state index contributed by atoms with van der Waals surface area (Å²) in [4.78, 5) is 29.1. The van der Waals surface area contributed by atoms with Crippen LogP contribution >= 0.6 is 0 Å². The summed E-state index contributed by atoms with van der Waals surface area (Å²) in [5.74, 6) is 1.59. The molecule has 162 valence electrons. The molecule has 2 aliphatic heterocycles. The zero-order chi connectivity index (χ0) is 21.8. The molecule has 31 heavy (non-hydrogen) atoms. The van der Waals surface area contributed by atoms with Gasteiger partial charge in [0.15, 0.2) is 11.5 Å². The van der Waals surface area contributed by atoms with Gasteiger partial charge in [-0.15, -0.1) is 0 Å². The molecule has 2 aromatic carbocycles. The normalized spacial score (nSPS) is 16.6. The first-order valence-electron chi connectivity index (χ1n) is 10.6. The van der Waals surface area contributed by atoms with Gasteiger partial charge in [-0.25, -0.2) is 0 Å². The summed E-state index contributed by atoms with van der Waals surface area (Å²) in [6, 6.07) is 14.2. The number of fused-ring (bicyclic) bond motifs is 1. The minimum atomic E-state index is -0.102. The Labute approximate surface area is 183 Å². The predicted octanol–water partition coefficient (Wildman–Crippen LogP) is 3.47. The molecule has 0 unspecified atom stereocenters. The number of rotatable bonds is 5. The number of hydrogen-bond donors (Lipinski definition) is 0. The van der Waals surface area contributed by atoms with E-state index in [2.05, 4.69) is 24.3 Å². The van der Waals surface area contributed by atoms with Gasteiger partial charge < -0.3 is 19.3 Å². The Morgan fingerprint density at radius 2 is 1.71 bits per heavy atom. The average Bonchev–Trinajstić information content (AvgIpc) is 2.96. The standard InChI is InChI=1S/C25H28N2O4/c1-30-22-14-20-10-13-27(24(28)16-21(20)15-23(22)31-2)17-25(29)26-11-8-19(9-12-26)18-6-4-3-5-7-18/h3-7,10,13-15,19H,8-9,11-12,16-17H2,1-2H3. The van der Waals surface area contributed by atoms with E-state index in [9.17, 15) is 9.59 Å². The second kappa shape index (κ2) is 9.25. The van der Waals surface area contributed by atoms with Crippen LogP contribution in [-0.2, 0) is 16.0 Å². The highest BCUT2D eigenvalue weighted by Crippen LogP contribution is 2.33. The first-order chi connectivity index (χ1) is 15.1. The van der Waals surface area contributed by atoms with Gasteiger partial charge in [0.1, 0.15) is 6.54 Å². The zero-order valence-corrected chi connectivity index (χ0v) is 18.0. The maximum Gasteiger partial charge on any atom is 0.242 e. The minimum Gasteiger partial charge on any atom is -0.493 e. The van der Waals surface area contributed by atoms with Gasteiger partial charge >= 0.3 is 0 Å². The number of nitrogens with zero attached hydrogens (tertiary/aromatic N) is 2.